The van der Waals surface area contributed by atoms with E-state index in [0.717, 1.165) is 21.8 Å². The molecule has 3 rings (SSSR count). The molecule has 6 heteroatoms. The fourth-order valence-electron chi connectivity index (χ4n) is 2.36. The zero-order chi connectivity index (χ0) is 14.4. The second kappa shape index (κ2) is 4.89. The Morgan fingerprint density at radius 1 is 1.00 bits per heavy atom. The number of hydroxylamine groups is 3. The minimum Gasteiger partial charge on any atom is -0.732 e. The number of hydrogen-bond acceptors (Lipinski definition) is 6. The first-order chi connectivity index (χ1) is 9.45. The second-order valence-electron chi connectivity index (χ2n) is 4.80. The minimum atomic E-state index is 0.508. The highest BCUT2D eigenvalue weighted by atomic mass is 32.1. The van der Waals surface area contributed by atoms with Crippen LogP contribution in [0.15, 0.2) is 18.3 Å². The minimum absolute atomic E-state index is 0.508. The Morgan fingerprint density at radius 3 is 2.20 bits per heavy atom. The summed E-state index contributed by atoms with van der Waals surface area (Å²) in [5.41, 5.74) is 2.78. The summed E-state index contributed by atoms with van der Waals surface area (Å²) in [4.78, 5) is 10.0. The van der Waals surface area contributed by atoms with Crippen molar-refractivity contribution in [3.8, 4) is 0 Å². The lowest BCUT2D eigenvalue weighted by molar-refractivity contribution is -0.0633. The van der Waals surface area contributed by atoms with Crippen LogP contribution in [0.4, 0.5) is 5.69 Å². The maximum Gasteiger partial charge on any atom is 0.0978 e. The molecule has 0 unspecified atom stereocenters. The Labute approximate surface area is 126 Å². The Balaban J connectivity index is 2.06. The van der Waals surface area contributed by atoms with Gasteiger partial charge in [-0.15, -0.1) is 22.7 Å². The van der Waals surface area contributed by atoms with E-state index in [9.17, 15) is 5.21 Å². The molecule has 0 spiro atoms. The van der Waals surface area contributed by atoms with Crippen molar-refractivity contribution in [1.29, 1.82) is 0 Å². The van der Waals surface area contributed by atoms with Crippen LogP contribution in [0.25, 0.3) is 5.70 Å². The molecule has 0 N–H and O–H groups in total. The molecule has 0 fully saturated rings. The van der Waals surface area contributed by atoms with Gasteiger partial charge in [-0.2, -0.15) is 10.0 Å². The van der Waals surface area contributed by atoms with Crippen molar-refractivity contribution in [2.24, 2.45) is 0 Å². The molecule has 0 saturated heterocycles. The van der Waals surface area contributed by atoms with Crippen molar-refractivity contribution in [3.05, 3.63) is 48.6 Å². The first-order valence-corrected chi connectivity index (χ1v) is 7.90. The monoisotopic (exact) mass is 307 g/mol. The molecule has 0 radical (unpaired) electrons. The molecular weight excluding hydrogens is 292 g/mol. The van der Waals surface area contributed by atoms with Gasteiger partial charge in [0.2, 0.25) is 0 Å². The Bertz CT molecular complexity index is 687. The third kappa shape index (κ3) is 2.25. The van der Waals surface area contributed by atoms with E-state index in [1.165, 1.54) is 20.8 Å². The Morgan fingerprint density at radius 2 is 1.65 bits per heavy atom. The number of thiophene rings is 2. The summed E-state index contributed by atoms with van der Waals surface area (Å²) >= 11 is 3.42. The van der Waals surface area contributed by atoms with Crippen LogP contribution >= 0.6 is 22.7 Å². The van der Waals surface area contributed by atoms with Crippen LogP contribution in [0, 0.1) is 32.9 Å². The molecule has 4 nitrogen and oxygen atoms in total. The Hall–Kier alpha value is -1.34. The van der Waals surface area contributed by atoms with Crippen molar-refractivity contribution in [2.45, 2.75) is 27.7 Å². The molecule has 3 heterocycles. The quantitative estimate of drug-likeness (QED) is 0.818. The van der Waals surface area contributed by atoms with E-state index in [1.54, 1.807) is 27.7 Å². The summed E-state index contributed by atoms with van der Waals surface area (Å²) in [5, 5.41) is 13.8. The molecule has 2 aromatic heterocycles. The molecule has 0 bridgehead atoms. The van der Waals surface area contributed by atoms with E-state index in [2.05, 4.69) is 26.8 Å². The van der Waals surface area contributed by atoms with Crippen LogP contribution in [0.1, 0.15) is 25.1 Å². The van der Waals surface area contributed by atoms with Crippen molar-refractivity contribution in [2.75, 3.05) is 5.06 Å². The van der Waals surface area contributed by atoms with Gasteiger partial charge in [0, 0.05) is 31.3 Å². The fraction of sp³-hybridized carbons (Fsp3) is 0.286. The molecule has 0 aliphatic carbocycles. The van der Waals surface area contributed by atoms with Crippen molar-refractivity contribution in [3.63, 3.8) is 0 Å². The van der Waals surface area contributed by atoms with Crippen LogP contribution in [0.5, 0.6) is 0 Å². The van der Waals surface area contributed by atoms with Crippen molar-refractivity contribution >= 4 is 34.1 Å². The third-order valence-corrected chi connectivity index (χ3v) is 5.08. The van der Waals surface area contributed by atoms with Crippen LogP contribution in [-0.2, 0) is 4.94 Å². The summed E-state index contributed by atoms with van der Waals surface area (Å²) in [5.74, 6) is 0. The van der Waals surface area contributed by atoms with Gasteiger partial charge in [-0.1, -0.05) is 0 Å². The first-order valence-electron chi connectivity index (χ1n) is 6.26. The summed E-state index contributed by atoms with van der Waals surface area (Å²) in [6.07, 6.45) is 1.49. The maximum atomic E-state index is 11.6. The van der Waals surface area contributed by atoms with Gasteiger partial charge < -0.3 is 5.21 Å². The van der Waals surface area contributed by atoms with E-state index < -0.39 is 0 Å². The molecule has 0 saturated carbocycles. The third-order valence-electron chi connectivity index (χ3n) is 3.16. The van der Waals surface area contributed by atoms with Crippen LogP contribution in [-0.4, -0.2) is 5.23 Å². The highest BCUT2D eigenvalue weighted by Crippen LogP contribution is 2.40. The van der Waals surface area contributed by atoms with Crippen LogP contribution in [0.3, 0.4) is 0 Å². The number of aryl methyl sites for hydroxylation is 4. The van der Waals surface area contributed by atoms with E-state index in [1.807, 2.05) is 13.0 Å². The molecular formula is C14H15N2O2S2-. The molecule has 0 atom stereocenters. The van der Waals surface area contributed by atoms with Gasteiger partial charge in [-0.25, -0.2) is 0 Å². The maximum absolute atomic E-state index is 11.6. The number of nitrogens with zero attached hydrogens (tertiary/aromatic N) is 2. The van der Waals surface area contributed by atoms with E-state index in [-0.39, 0.29) is 0 Å². The molecule has 0 aromatic carbocycles. The normalized spacial score (nSPS) is 15.2. The average molecular weight is 307 g/mol. The smallest absolute Gasteiger partial charge is 0.0978 e. The molecule has 20 heavy (non-hydrogen) atoms. The number of rotatable bonds is 2. The lowest BCUT2D eigenvalue weighted by Crippen LogP contribution is -2.20. The summed E-state index contributed by atoms with van der Waals surface area (Å²) in [6, 6.07) is 4.14. The lowest BCUT2D eigenvalue weighted by Gasteiger charge is -2.24. The summed E-state index contributed by atoms with van der Waals surface area (Å²) in [6.45, 7) is 8.21. The zero-order valence-electron chi connectivity index (χ0n) is 11.8. The van der Waals surface area contributed by atoms with Gasteiger partial charge in [-0.05, 0) is 39.8 Å². The molecule has 1 aliphatic heterocycles. The SMILES string of the molecule is Cc1cc(C2=CN([O-])ON2c2cc(C)sc2C)c(C)s1. The number of hydrogen-bond donors (Lipinski definition) is 0. The van der Waals surface area contributed by atoms with Gasteiger partial charge in [0.1, 0.15) is 0 Å². The van der Waals surface area contributed by atoms with Crippen LogP contribution in [0.2, 0.25) is 0 Å². The molecule has 0 amide bonds. The van der Waals surface area contributed by atoms with Gasteiger partial charge in [0.05, 0.1) is 11.4 Å². The van der Waals surface area contributed by atoms with Gasteiger partial charge in [0.25, 0.3) is 0 Å². The van der Waals surface area contributed by atoms with Crippen molar-refractivity contribution < 1.29 is 4.94 Å². The highest BCUT2D eigenvalue weighted by molar-refractivity contribution is 7.12. The zero-order valence-corrected chi connectivity index (χ0v) is 13.4. The van der Waals surface area contributed by atoms with Crippen molar-refractivity contribution in [1.82, 2.24) is 5.23 Å². The standard InChI is InChI=1S/C14H15N2O2S2/c1-8-5-12(10(3)19-8)14-7-15(17)18-16(14)13-6-9(2)20-11(13)4/h5-7H,1-4H3/q-1. The molecule has 2 aromatic rings. The first kappa shape index (κ1) is 13.6. The largest absolute Gasteiger partial charge is 0.732 e. The van der Waals surface area contributed by atoms with Crippen LogP contribution < -0.4 is 5.06 Å². The van der Waals surface area contributed by atoms with E-state index >= 15 is 0 Å². The molecule has 106 valence electrons. The topological polar surface area (TPSA) is 38.8 Å². The van der Waals surface area contributed by atoms with Gasteiger partial charge in [-0.3, -0.25) is 5.23 Å². The van der Waals surface area contributed by atoms with E-state index in [0.29, 0.717) is 5.23 Å². The van der Waals surface area contributed by atoms with Gasteiger partial charge in [0.15, 0.2) is 0 Å². The summed E-state index contributed by atoms with van der Waals surface area (Å²) in [7, 11) is 0. The predicted molar refractivity (Wildman–Crippen MR) is 84.3 cm³/mol. The fourth-order valence-corrected chi connectivity index (χ4v) is 4.19. The highest BCUT2D eigenvalue weighted by Gasteiger charge is 2.26. The summed E-state index contributed by atoms with van der Waals surface area (Å²) < 4.78 is 0. The second-order valence-corrected chi connectivity index (χ2v) is 7.72. The average Bonchev–Trinajstić information content (AvgIpc) is 2.97. The van der Waals surface area contributed by atoms with E-state index in [4.69, 9.17) is 4.94 Å². The van der Waals surface area contributed by atoms with Gasteiger partial charge >= 0.3 is 0 Å². The predicted octanol–water partition coefficient (Wildman–Crippen LogP) is 4.51. The lowest BCUT2D eigenvalue weighted by atomic mass is 10.2. The Kier molecular flexibility index (Phi) is 3.33. The molecule has 1 aliphatic rings. The number of anilines is 1.